The number of alkyl halides is 3. The fourth-order valence-electron chi connectivity index (χ4n) is 5.92. The molecule has 3 aliphatic rings. The van der Waals surface area contributed by atoms with Crippen molar-refractivity contribution in [2.24, 2.45) is 5.92 Å². The third-order valence-corrected chi connectivity index (χ3v) is 9.94. The molecule has 44 heavy (non-hydrogen) atoms. The summed E-state index contributed by atoms with van der Waals surface area (Å²) in [4.78, 5) is 31.9. The van der Waals surface area contributed by atoms with Gasteiger partial charge >= 0.3 is 12.4 Å². The van der Waals surface area contributed by atoms with Crippen molar-refractivity contribution in [1.82, 2.24) is 25.7 Å². The molecule has 3 unspecified atom stereocenters. The summed E-state index contributed by atoms with van der Waals surface area (Å²) in [6.07, 6.45) is -3.50. The van der Waals surface area contributed by atoms with E-state index in [-0.39, 0.29) is 48.1 Å². The highest BCUT2D eigenvalue weighted by atomic mass is 32.2. The number of rotatable bonds is 7. The monoisotopic (exact) mass is 633 g/mol. The summed E-state index contributed by atoms with van der Waals surface area (Å²) in [6, 6.07) is 8.44. The smallest absolute Gasteiger partial charge is 0.406 e. The number of carbonyl (C=O) groups is 2. The van der Waals surface area contributed by atoms with Crippen molar-refractivity contribution in [3.8, 4) is 16.9 Å². The summed E-state index contributed by atoms with van der Waals surface area (Å²) in [5.74, 6) is -0.115. The minimum absolute atomic E-state index is 0.0268. The number of aryl methyl sites for hydroxylation is 1. The van der Waals surface area contributed by atoms with Crippen LogP contribution in [0.2, 0.25) is 0 Å². The summed E-state index contributed by atoms with van der Waals surface area (Å²) in [6.45, 7) is 2.36. The second-order valence-electron chi connectivity index (χ2n) is 11.4. The summed E-state index contributed by atoms with van der Waals surface area (Å²) < 4.78 is 71.8. The SMILES string of the molecule is Cc1noc(C2CC2C(=O)NCc2ccc(-c3cccc(OC(F)(F)F)c3)c3c2CN(C(=O)NC2CCS(=O)(=O)C2)CC3)n1. The van der Waals surface area contributed by atoms with Crippen molar-refractivity contribution in [3.05, 3.63) is 64.8 Å². The van der Waals surface area contributed by atoms with Crippen molar-refractivity contribution in [3.63, 3.8) is 0 Å². The van der Waals surface area contributed by atoms with Gasteiger partial charge in [-0.1, -0.05) is 29.4 Å². The predicted octanol–water partition coefficient (Wildman–Crippen LogP) is 3.62. The number of benzene rings is 2. The van der Waals surface area contributed by atoms with Gasteiger partial charge in [0.2, 0.25) is 11.8 Å². The molecule has 2 fully saturated rings. The zero-order chi connectivity index (χ0) is 31.2. The van der Waals surface area contributed by atoms with Gasteiger partial charge in [-0.2, -0.15) is 4.98 Å². The molecule has 0 spiro atoms. The molecule has 0 bridgehead atoms. The highest BCUT2D eigenvalue weighted by molar-refractivity contribution is 7.91. The number of sulfone groups is 1. The molecule has 3 aromatic rings. The standard InChI is InChI=1S/C29H30F3N5O6S/c1-16-34-27(43-36-16)24-12-23(24)26(38)33-13-18-5-6-21(17-3-2-4-20(11-17)42-29(30,31)32)22-7-9-37(14-25(18)22)28(39)35-19-8-10-44(40,41)15-19/h2-6,11,19,23-24H,7-10,12-15H2,1H3,(H,33,38)(H,35,39). The van der Waals surface area contributed by atoms with Gasteiger partial charge in [0, 0.05) is 25.7 Å². The Balaban J connectivity index is 1.23. The first-order valence-electron chi connectivity index (χ1n) is 14.2. The normalized spacial score (nSPS) is 22.3. The molecule has 11 nitrogen and oxygen atoms in total. The Labute approximate surface area is 251 Å². The zero-order valence-corrected chi connectivity index (χ0v) is 24.5. The van der Waals surface area contributed by atoms with E-state index in [1.165, 1.54) is 18.2 Å². The van der Waals surface area contributed by atoms with Crippen LogP contribution in [0.5, 0.6) is 5.75 Å². The van der Waals surface area contributed by atoms with E-state index >= 15 is 0 Å². The lowest BCUT2D eigenvalue weighted by Crippen LogP contribution is -2.47. The topological polar surface area (TPSA) is 144 Å². The summed E-state index contributed by atoms with van der Waals surface area (Å²) in [7, 11) is -3.18. The fourth-order valence-corrected chi connectivity index (χ4v) is 7.59. The molecule has 3 atom stereocenters. The number of halogens is 3. The number of aromatic nitrogens is 2. The van der Waals surface area contributed by atoms with Crippen molar-refractivity contribution in [2.75, 3.05) is 18.1 Å². The van der Waals surface area contributed by atoms with Crippen LogP contribution in [0.1, 0.15) is 47.2 Å². The number of hydrogen-bond donors (Lipinski definition) is 2. The Morgan fingerprint density at radius 1 is 1.18 bits per heavy atom. The van der Waals surface area contributed by atoms with Gasteiger partial charge in [-0.05, 0) is 66.1 Å². The van der Waals surface area contributed by atoms with Crippen LogP contribution in [0.25, 0.3) is 11.1 Å². The molecule has 234 valence electrons. The third-order valence-electron chi connectivity index (χ3n) is 8.18. The highest BCUT2D eigenvalue weighted by Crippen LogP contribution is 2.47. The highest BCUT2D eigenvalue weighted by Gasteiger charge is 2.47. The molecule has 2 aromatic carbocycles. The van der Waals surface area contributed by atoms with E-state index in [1.807, 2.05) is 0 Å². The van der Waals surface area contributed by atoms with Crippen LogP contribution in [-0.4, -0.2) is 65.9 Å². The lowest BCUT2D eigenvalue weighted by Gasteiger charge is -2.33. The van der Waals surface area contributed by atoms with Gasteiger partial charge in [0.25, 0.3) is 0 Å². The Hall–Kier alpha value is -4.14. The van der Waals surface area contributed by atoms with Crippen LogP contribution in [0.4, 0.5) is 18.0 Å². The molecule has 15 heteroatoms. The van der Waals surface area contributed by atoms with E-state index in [4.69, 9.17) is 4.52 Å². The lowest BCUT2D eigenvalue weighted by atomic mass is 9.87. The average molecular weight is 634 g/mol. The van der Waals surface area contributed by atoms with Crippen LogP contribution in [0, 0.1) is 12.8 Å². The molecule has 1 saturated carbocycles. The van der Waals surface area contributed by atoms with E-state index in [1.54, 1.807) is 30.0 Å². The van der Waals surface area contributed by atoms with Crippen molar-refractivity contribution < 1.29 is 40.4 Å². The number of fused-ring (bicyclic) bond motifs is 1. The minimum atomic E-state index is -4.84. The maximum atomic E-state index is 13.2. The van der Waals surface area contributed by atoms with Crippen LogP contribution in [-0.2, 0) is 34.1 Å². The summed E-state index contributed by atoms with van der Waals surface area (Å²) in [5, 5.41) is 9.57. The molecular formula is C29H30F3N5O6S. The Morgan fingerprint density at radius 2 is 2.00 bits per heavy atom. The van der Waals surface area contributed by atoms with Crippen molar-refractivity contribution in [2.45, 2.75) is 57.6 Å². The molecule has 2 N–H and O–H groups in total. The van der Waals surface area contributed by atoms with Gasteiger partial charge in [-0.15, -0.1) is 13.2 Å². The minimum Gasteiger partial charge on any atom is -0.406 e. The quantitative estimate of drug-likeness (QED) is 0.402. The largest absolute Gasteiger partial charge is 0.573 e. The molecule has 0 radical (unpaired) electrons. The number of amides is 3. The molecule has 1 saturated heterocycles. The van der Waals surface area contributed by atoms with Gasteiger partial charge < -0.3 is 24.8 Å². The molecular weight excluding hydrogens is 603 g/mol. The third kappa shape index (κ3) is 6.66. The zero-order valence-electron chi connectivity index (χ0n) is 23.7. The van der Waals surface area contributed by atoms with Crippen LogP contribution in [0.3, 0.4) is 0 Å². The van der Waals surface area contributed by atoms with E-state index < -0.39 is 28.3 Å². The van der Waals surface area contributed by atoms with Gasteiger partial charge in [-0.25, -0.2) is 13.2 Å². The van der Waals surface area contributed by atoms with Gasteiger partial charge in [0.05, 0.1) is 23.3 Å². The number of urea groups is 1. The second kappa shape index (κ2) is 11.4. The fraction of sp³-hybridized carbons (Fsp3) is 0.448. The first kappa shape index (κ1) is 29.9. The van der Waals surface area contributed by atoms with Gasteiger partial charge in [0.1, 0.15) is 5.75 Å². The number of ether oxygens (including phenoxy) is 1. The Kier molecular flexibility index (Phi) is 7.76. The molecule has 3 amide bonds. The van der Waals surface area contributed by atoms with E-state index in [0.717, 1.165) is 16.7 Å². The summed E-state index contributed by atoms with van der Waals surface area (Å²) in [5.41, 5.74) is 3.58. The van der Waals surface area contributed by atoms with E-state index in [2.05, 4.69) is 25.5 Å². The molecule has 1 aliphatic carbocycles. The number of carbonyl (C=O) groups excluding carboxylic acids is 2. The lowest BCUT2D eigenvalue weighted by molar-refractivity contribution is -0.274. The molecule has 2 aliphatic heterocycles. The predicted molar refractivity (Wildman–Crippen MR) is 150 cm³/mol. The van der Waals surface area contributed by atoms with Crippen LogP contribution in [0.15, 0.2) is 40.9 Å². The maximum Gasteiger partial charge on any atom is 0.573 e. The summed E-state index contributed by atoms with van der Waals surface area (Å²) >= 11 is 0. The number of nitrogens with one attached hydrogen (secondary N) is 2. The number of hydrogen-bond acceptors (Lipinski definition) is 8. The van der Waals surface area contributed by atoms with E-state index in [9.17, 15) is 31.2 Å². The molecule has 1 aromatic heterocycles. The van der Waals surface area contributed by atoms with Gasteiger partial charge in [-0.3, -0.25) is 4.79 Å². The van der Waals surface area contributed by atoms with Gasteiger partial charge in [0.15, 0.2) is 15.7 Å². The number of nitrogens with zero attached hydrogens (tertiary/aromatic N) is 3. The second-order valence-corrected chi connectivity index (χ2v) is 13.6. The Morgan fingerprint density at radius 3 is 2.70 bits per heavy atom. The van der Waals surface area contributed by atoms with Crippen molar-refractivity contribution in [1.29, 1.82) is 0 Å². The maximum absolute atomic E-state index is 13.2. The van der Waals surface area contributed by atoms with E-state index in [0.29, 0.717) is 48.6 Å². The van der Waals surface area contributed by atoms with Crippen LogP contribution < -0.4 is 15.4 Å². The van der Waals surface area contributed by atoms with Crippen LogP contribution >= 0.6 is 0 Å². The molecule has 6 rings (SSSR count). The van der Waals surface area contributed by atoms with Crippen molar-refractivity contribution >= 4 is 21.8 Å². The average Bonchev–Trinajstić information content (AvgIpc) is 3.53. The Bertz CT molecular complexity index is 1710. The first-order valence-corrected chi connectivity index (χ1v) is 16.0. The first-order chi connectivity index (χ1) is 20.8. The molecule has 3 heterocycles.